The van der Waals surface area contributed by atoms with Gasteiger partial charge in [0.1, 0.15) is 17.7 Å². The molecule has 1 fully saturated rings. The zero-order valence-electron chi connectivity index (χ0n) is 22.2. The van der Waals surface area contributed by atoms with Crippen LogP contribution in [-0.4, -0.2) is 46.2 Å². The predicted octanol–water partition coefficient (Wildman–Crippen LogP) is 4.81. The van der Waals surface area contributed by atoms with Crippen LogP contribution in [0, 0.1) is 0 Å². The van der Waals surface area contributed by atoms with Crippen LogP contribution in [0.2, 0.25) is 0 Å². The molecule has 0 aliphatic heterocycles. The number of carbonyl (C=O) groups is 3. The van der Waals surface area contributed by atoms with E-state index in [1.54, 1.807) is 25.7 Å². The Morgan fingerprint density at radius 3 is 2.19 bits per heavy atom. The van der Waals surface area contributed by atoms with E-state index in [0.29, 0.717) is 6.54 Å². The summed E-state index contributed by atoms with van der Waals surface area (Å²) in [6.45, 7) is 7.71. The number of thiol groups is 1. The molecule has 2 atom stereocenters. The topological polar surface area (TPSA) is 87.7 Å². The van der Waals surface area contributed by atoms with Gasteiger partial charge in [-0.2, -0.15) is 12.6 Å². The van der Waals surface area contributed by atoms with Crippen molar-refractivity contribution in [2.24, 2.45) is 0 Å². The summed E-state index contributed by atoms with van der Waals surface area (Å²) in [6.07, 6.45) is 2.76. The van der Waals surface area contributed by atoms with E-state index in [0.717, 1.165) is 42.4 Å². The number of ether oxygens (including phenoxy) is 1. The molecule has 1 saturated carbocycles. The van der Waals surface area contributed by atoms with Crippen molar-refractivity contribution in [1.82, 2.24) is 15.5 Å². The first-order valence-electron chi connectivity index (χ1n) is 13.0. The molecule has 0 heterocycles. The number of nitrogens with zero attached hydrogens (tertiary/aromatic N) is 1. The van der Waals surface area contributed by atoms with Gasteiger partial charge < -0.3 is 20.3 Å². The lowest BCUT2D eigenvalue weighted by Gasteiger charge is -2.43. The van der Waals surface area contributed by atoms with Gasteiger partial charge in [-0.25, -0.2) is 4.79 Å². The van der Waals surface area contributed by atoms with Gasteiger partial charge in [0, 0.05) is 18.3 Å². The largest absolute Gasteiger partial charge is 0.444 e. The maximum absolute atomic E-state index is 14.0. The first-order valence-corrected chi connectivity index (χ1v) is 13.6. The number of carbonyl (C=O) groups excluding carboxylic acids is 3. The predicted molar refractivity (Wildman–Crippen MR) is 148 cm³/mol. The molecular formula is C29H39N3O4S. The molecular weight excluding hydrogens is 486 g/mol. The second kappa shape index (κ2) is 13.0. The molecule has 200 valence electrons. The fourth-order valence-corrected chi connectivity index (χ4v) is 4.50. The van der Waals surface area contributed by atoms with Gasteiger partial charge in [0.05, 0.1) is 0 Å². The number of benzene rings is 2. The summed E-state index contributed by atoms with van der Waals surface area (Å²) in [7, 11) is 0. The Kier molecular flexibility index (Phi) is 10.0. The lowest BCUT2D eigenvalue weighted by Crippen LogP contribution is -2.58. The highest BCUT2D eigenvalue weighted by atomic mass is 32.1. The summed E-state index contributed by atoms with van der Waals surface area (Å²) in [5, 5.41) is 5.70. The number of nitrogens with one attached hydrogen (secondary N) is 2. The summed E-state index contributed by atoms with van der Waals surface area (Å²) in [5.41, 5.74) is 2.15. The average molecular weight is 526 g/mol. The monoisotopic (exact) mass is 525 g/mol. The van der Waals surface area contributed by atoms with Crippen LogP contribution in [-0.2, 0) is 27.3 Å². The van der Waals surface area contributed by atoms with Crippen LogP contribution in [0.15, 0.2) is 54.6 Å². The van der Waals surface area contributed by atoms with Gasteiger partial charge in [-0.1, -0.05) is 61.5 Å². The van der Waals surface area contributed by atoms with Crippen molar-refractivity contribution >= 4 is 30.5 Å². The van der Waals surface area contributed by atoms with Gasteiger partial charge in [-0.05, 0) is 63.1 Å². The van der Waals surface area contributed by atoms with E-state index in [9.17, 15) is 14.4 Å². The smallest absolute Gasteiger partial charge is 0.408 e. The van der Waals surface area contributed by atoms with Crippen molar-refractivity contribution < 1.29 is 19.1 Å². The fourth-order valence-electron chi connectivity index (χ4n) is 4.25. The third kappa shape index (κ3) is 7.99. The van der Waals surface area contributed by atoms with Crippen LogP contribution in [0.5, 0.6) is 0 Å². The molecule has 2 aromatic rings. The molecule has 2 aromatic carbocycles. The van der Waals surface area contributed by atoms with E-state index in [1.165, 1.54) is 0 Å². The van der Waals surface area contributed by atoms with Crippen molar-refractivity contribution in [3.63, 3.8) is 0 Å². The zero-order valence-corrected chi connectivity index (χ0v) is 23.1. The molecule has 1 aliphatic rings. The summed E-state index contributed by atoms with van der Waals surface area (Å²) >= 11 is 4.36. The Morgan fingerprint density at radius 1 is 1.03 bits per heavy atom. The van der Waals surface area contributed by atoms with Gasteiger partial charge >= 0.3 is 6.09 Å². The molecule has 0 spiro atoms. The Labute approximate surface area is 225 Å². The van der Waals surface area contributed by atoms with Gasteiger partial charge in [0.15, 0.2) is 0 Å². The Hall–Kier alpha value is -3.00. The molecule has 37 heavy (non-hydrogen) atoms. The van der Waals surface area contributed by atoms with Gasteiger partial charge in [0.2, 0.25) is 11.8 Å². The molecule has 0 saturated heterocycles. The lowest BCUT2D eigenvalue weighted by molar-refractivity contribution is -0.147. The molecule has 0 aromatic heterocycles. The van der Waals surface area contributed by atoms with Gasteiger partial charge in [0.25, 0.3) is 0 Å². The molecule has 2 unspecified atom stereocenters. The zero-order chi connectivity index (χ0) is 27.0. The van der Waals surface area contributed by atoms with Crippen molar-refractivity contribution in [2.45, 2.75) is 83.6 Å². The summed E-state index contributed by atoms with van der Waals surface area (Å²) in [4.78, 5) is 41.9. The Morgan fingerprint density at radius 2 is 1.68 bits per heavy atom. The van der Waals surface area contributed by atoms with E-state index in [2.05, 4.69) is 30.2 Å². The standard InChI is InChI=1S/C29H39N3O4S/c1-5-20-14-16-22(17-15-20)25(26(33)30-18-21-10-7-6-8-11-21)32(23-12-9-13-23)27(34)24(19-37)31-28(35)36-29(2,3)4/h6-8,10-11,14-17,23-25,37H,5,9,12-13,18-19H2,1-4H3,(H,30,33)(H,31,35). The average Bonchev–Trinajstić information content (AvgIpc) is 2.84. The number of hydrogen-bond donors (Lipinski definition) is 3. The van der Waals surface area contributed by atoms with E-state index < -0.39 is 23.8 Å². The molecule has 3 rings (SSSR count). The third-order valence-electron chi connectivity index (χ3n) is 6.43. The summed E-state index contributed by atoms with van der Waals surface area (Å²) < 4.78 is 5.37. The lowest BCUT2D eigenvalue weighted by atomic mass is 9.88. The third-order valence-corrected chi connectivity index (χ3v) is 6.80. The van der Waals surface area contributed by atoms with E-state index in [4.69, 9.17) is 4.74 Å². The highest BCUT2D eigenvalue weighted by Gasteiger charge is 2.41. The van der Waals surface area contributed by atoms with Crippen LogP contribution in [0.4, 0.5) is 4.79 Å². The van der Waals surface area contributed by atoms with Crippen LogP contribution >= 0.6 is 12.6 Å². The minimum absolute atomic E-state index is 0.0778. The maximum Gasteiger partial charge on any atom is 0.408 e. The molecule has 3 amide bonds. The minimum atomic E-state index is -0.932. The number of alkyl carbamates (subject to hydrolysis) is 1. The van der Waals surface area contributed by atoms with E-state index in [-0.39, 0.29) is 23.6 Å². The molecule has 1 aliphatic carbocycles. The first kappa shape index (κ1) is 28.6. The minimum Gasteiger partial charge on any atom is -0.444 e. The quantitative estimate of drug-likeness (QED) is 0.389. The molecule has 0 radical (unpaired) electrons. The van der Waals surface area contributed by atoms with Crippen LogP contribution < -0.4 is 10.6 Å². The van der Waals surface area contributed by atoms with Crippen LogP contribution in [0.3, 0.4) is 0 Å². The van der Waals surface area contributed by atoms with Gasteiger partial charge in [-0.15, -0.1) is 0 Å². The first-order chi connectivity index (χ1) is 17.6. The van der Waals surface area contributed by atoms with Crippen LogP contribution in [0.1, 0.15) is 69.7 Å². The number of rotatable bonds is 10. The van der Waals surface area contributed by atoms with E-state index in [1.807, 2.05) is 54.6 Å². The van der Waals surface area contributed by atoms with E-state index >= 15 is 0 Å². The van der Waals surface area contributed by atoms with Gasteiger partial charge in [-0.3, -0.25) is 9.59 Å². The SMILES string of the molecule is CCc1ccc(C(C(=O)NCc2ccccc2)N(C(=O)C(CS)NC(=O)OC(C)(C)C)C2CCC2)cc1. The second-order valence-electron chi connectivity index (χ2n) is 10.4. The molecule has 0 bridgehead atoms. The Bertz CT molecular complexity index is 1050. The van der Waals surface area contributed by atoms with Crippen LogP contribution in [0.25, 0.3) is 0 Å². The number of amides is 3. The van der Waals surface area contributed by atoms with Crippen molar-refractivity contribution in [3.05, 3.63) is 71.3 Å². The van der Waals surface area contributed by atoms with Crippen molar-refractivity contribution in [2.75, 3.05) is 5.75 Å². The second-order valence-corrected chi connectivity index (χ2v) is 10.8. The highest BCUT2D eigenvalue weighted by molar-refractivity contribution is 7.80. The number of hydrogen-bond acceptors (Lipinski definition) is 5. The van der Waals surface area contributed by atoms with Crippen molar-refractivity contribution in [3.8, 4) is 0 Å². The number of aryl methyl sites for hydroxylation is 1. The normalized spacial score (nSPS) is 15.2. The van der Waals surface area contributed by atoms with Crippen molar-refractivity contribution in [1.29, 1.82) is 0 Å². The molecule has 8 heteroatoms. The molecule has 7 nitrogen and oxygen atoms in total. The summed E-state index contributed by atoms with van der Waals surface area (Å²) in [5.74, 6) is -0.525. The summed E-state index contributed by atoms with van der Waals surface area (Å²) in [6, 6.07) is 15.6. The fraction of sp³-hybridized carbons (Fsp3) is 0.483. The highest BCUT2D eigenvalue weighted by Crippen LogP contribution is 2.34. The molecule has 2 N–H and O–H groups in total. The Balaban J connectivity index is 1.92. The maximum atomic E-state index is 14.0.